The lowest BCUT2D eigenvalue weighted by Crippen LogP contribution is -2.46. The van der Waals surface area contributed by atoms with Gasteiger partial charge in [0.25, 0.3) is 5.91 Å². The van der Waals surface area contributed by atoms with Crippen LogP contribution in [0.4, 0.5) is 8.78 Å². The van der Waals surface area contributed by atoms with E-state index in [4.69, 9.17) is 4.74 Å². The van der Waals surface area contributed by atoms with Gasteiger partial charge >= 0.3 is 0 Å². The highest BCUT2D eigenvalue weighted by Crippen LogP contribution is 2.16. The van der Waals surface area contributed by atoms with Crippen molar-refractivity contribution in [1.82, 2.24) is 4.90 Å². The molecule has 1 amide bonds. The molecule has 0 spiro atoms. The van der Waals surface area contributed by atoms with E-state index < -0.39 is 17.5 Å². The lowest BCUT2D eigenvalue weighted by atomic mass is 10.1. The van der Waals surface area contributed by atoms with E-state index in [1.165, 1.54) is 17.0 Å². The van der Waals surface area contributed by atoms with Crippen LogP contribution < -0.4 is 0 Å². The van der Waals surface area contributed by atoms with Gasteiger partial charge in [0.05, 0.1) is 18.3 Å². The van der Waals surface area contributed by atoms with Gasteiger partial charge < -0.3 is 9.64 Å². The molecule has 1 atom stereocenters. The zero-order valence-corrected chi connectivity index (χ0v) is 11.1. The summed E-state index contributed by atoms with van der Waals surface area (Å²) in [5.41, 5.74) is -0.231. The number of halogens is 3. The van der Waals surface area contributed by atoms with Gasteiger partial charge in [0, 0.05) is 18.4 Å². The molecule has 98 valence electrons. The van der Waals surface area contributed by atoms with Crippen molar-refractivity contribution in [3.63, 3.8) is 0 Å². The molecule has 3 nitrogen and oxygen atoms in total. The van der Waals surface area contributed by atoms with E-state index in [2.05, 4.69) is 15.9 Å². The molecule has 1 aromatic rings. The maximum atomic E-state index is 13.5. The number of hydrogen-bond acceptors (Lipinski definition) is 2. The maximum Gasteiger partial charge on any atom is 0.257 e. The largest absolute Gasteiger partial charge is 0.374 e. The highest BCUT2D eigenvalue weighted by Gasteiger charge is 2.26. The first-order valence-electron chi connectivity index (χ1n) is 5.54. The van der Waals surface area contributed by atoms with Crippen molar-refractivity contribution >= 4 is 21.8 Å². The van der Waals surface area contributed by atoms with Crippen LogP contribution in [-0.2, 0) is 4.74 Å². The first-order chi connectivity index (χ1) is 8.63. The van der Waals surface area contributed by atoms with Crippen LogP contribution >= 0.6 is 15.9 Å². The van der Waals surface area contributed by atoms with Crippen molar-refractivity contribution in [2.75, 3.05) is 25.0 Å². The molecule has 1 aliphatic heterocycles. The van der Waals surface area contributed by atoms with E-state index in [0.717, 1.165) is 6.07 Å². The van der Waals surface area contributed by atoms with Gasteiger partial charge in [-0.25, -0.2) is 8.78 Å². The summed E-state index contributed by atoms with van der Waals surface area (Å²) in [6.45, 7) is 1.16. The SMILES string of the molecule is O=C(c1cccc(F)c1F)N1CCOC(CBr)C1. The van der Waals surface area contributed by atoms with E-state index >= 15 is 0 Å². The number of amides is 1. The Morgan fingerprint density at radius 3 is 3.00 bits per heavy atom. The molecule has 6 heteroatoms. The number of hydrogen-bond donors (Lipinski definition) is 0. The molecule has 1 saturated heterocycles. The second kappa shape index (κ2) is 5.75. The molecule has 1 aliphatic rings. The minimum absolute atomic E-state index is 0.112. The fourth-order valence-corrected chi connectivity index (χ4v) is 2.23. The molecule has 0 N–H and O–H groups in total. The van der Waals surface area contributed by atoms with Crippen molar-refractivity contribution < 1.29 is 18.3 Å². The predicted octanol–water partition coefficient (Wildman–Crippen LogP) is 2.20. The molecular formula is C12H12BrF2NO2. The van der Waals surface area contributed by atoms with Crippen molar-refractivity contribution in [1.29, 1.82) is 0 Å². The highest BCUT2D eigenvalue weighted by atomic mass is 79.9. The molecule has 0 radical (unpaired) electrons. The predicted molar refractivity (Wildman–Crippen MR) is 65.8 cm³/mol. The van der Waals surface area contributed by atoms with Gasteiger partial charge in [0.15, 0.2) is 11.6 Å². The van der Waals surface area contributed by atoms with Crippen molar-refractivity contribution in [3.8, 4) is 0 Å². The van der Waals surface area contributed by atoms with E-state index in [1.54, 1.807) is 0 Å². The van der Waals surface area contributed by atoms with Crippen LogP contribution in [0.15, 0.2) is 18.2 Å². The Bertz CT molecular complexity index is 456. The summed E-state index contributed by atoms with van der Waals surface area (Å²) >= 11 is 3.27. The summed E-state index contributed by atoms with van der Waals surface area (Å²) in [7, 11) is 0. The topological polar surface area (TPSA) is 29.5 Å². The lowest BCUT2D eigenvalue weighted by molar-refractivity contribution is -0.00985. The van der Waals surface area contributed by atoms with Crippen molar-refractivity contribution in [2.24, 2.45) is 0 Å². The molecule has 18 heavy (non-hydrogen) atoms. The number of benzene rings is 1. The second-order valence-corrected chi connectivity index (χ2v) is 4.65. The summed E-state index contributed by atoms with van der Waals surface area (Å²) in [6.07, 6.45) is -0.112. The van der Waals surface area contributed by atoms with Crippen LogP contribution in [0.1, 0.15) is 10.4 Å². The number of alkyl halides is 1. The Hall–Kier alpha value is -1.01. The van der Waals surface area contributed by atoms with Gasteiger partial charge in [-0.15, -0.1) is 0 Å². The number of carbonyl (C=O) groups is 1. The van der Waals surface area contributed by atoms with Crippen LogP contribution in [0.2, 0.25) is 0 Å². The summed E-state index contributed by atoms with van der Waals surface area (Å²) in [5.74, 6) is -2.60. The van der Waals surface area contributed by atoms with Crippen LogP contribution in [-0.4, -0.2) is 41.9 Å². The minimum Gasteiger partial charge on any atom is -0.374 e. The Morgan fingerprint density at radius 1 is 1.50 bits per heavy atom. The van der Waals surface area contributed by atoms with Gasteiger partial charge in [-0.3, -0.25) is 4.79 Å². The number of carbonyl (C=O) groups excluding carboxylic acids is 1. The fraction of sp³-hybridized carbons (Fsp3) is 0.417. The third-order valence-electron chi connectivity index (χ3n) is 2.78. The van der Waals surface area contributed by atoms with Gasteiger partial charge in [-0.2, -0.15) is 0 Å². The Balaban J connectivity index is 2.18. The smallest absolute Gasteiger partial charge is 0.257 e. The quantitative estimate of drug-likeness (QED) is 0.782. The number of nitrogens with zero attached hydrogens (tertiary/aromatic N) is 1. The standard InChI is InChI=1S/C12H12BrF2NO2/c13-6-8-7-16(4-5-18-8)12(17)9-2-1-3-10(14)11(9)15/h1-3,8H,4-7H2. The molecule has 2 rings (SSSR count). The Kier molecular flexibility index (Phi) is 4.29. The van der Waals surface area contributed by atoms with E-state index in [-0.39, 0.29) is 11.7 Å². The molecule has 0 saturated carbocycles. The summed E-state index contributed by atoms with van der Waals surface area (Å²) in [4.78, 5) is 13.6. The van der Waals surface area contributed by atoms with Gasteiger partial charge in [-0.05, 0) is 12.1 Å². The fourth-order valence-electron chi connectivity index (χ4n) is 1.84. The second-order valence-electron chi connectivity index (χ2n) is 4.00. The third-order valence-corrected chi connectivity index (χ3v) is 3.50. The first kappa shape index (κ1) is 13.4. The number of ether oxygens (including phenoxy) is 1. The molecular weight excluding hydrogens is 308 g/mol. The van der Waals surface area contributed by atoms with Crippen molar-refractivity contribution in [3.05, 3.63) is 35.4 Å². The van der Waals surface area contributed by atoms with Crippen molar-refractivity contribution in [2.45, 2.75) is 6.10 Å². The average molecular weight is 320 g/mol. The van der Waals surface area contributed by atoms with Crippen LogP contribution in [0.3, 0.4) is 0 Å². The van der Waals surface area contributed by atoms with E-state index in [1.807, 2.05) is 0 Å². The molecule has 1 fully saturated rings. The molecule has 0 aliphatic carbocycles. The summed E-state index contributed by atoms with van der Waals surface area (Å²) in [6, 6.07) is 3.61. The summed E-state index contributed by atoms with van der Waals surface area (Å²) in [5, 5.41) is 0.600. The zero-order chi connectivity index (χ0) is 13.1. The minimum atomic E-state index is -1.09. The van der Waals surface area contributed by atoms with Crippen LogP contribution in [0.5, 0.6) is 0 Å². The number of morpholine rings is 1. The molecule has 0 aromatic heterocycles. The molecule has 0 bridgehead atoms. The Morgan fingerprint density at radius 2 is 2.28 bits per heavy atom. The average Bonchev–Trinajstić information content (AvgIpc) is 2.41. The molecule has 1 unspecified atom stereocenters. The third kappa shape index (κ3) is 2.70. The van der Waals surface area contributed by atoms with Gasteiger partial charge in [0.1, 0.15) is 0 Å². The number of rotatable bonds is 2. The first-order valence-corrected chi connectivity index (χ1v) is 6.66. The van der Waals surface area contributed by atoms with Gasteiger partial charge in [0.2, 0.25) is 0 Å². The normalized spacial score (nSPS) is 19.9. The molecule has 1 aromatic carbocycles. The van der Waals surface area contributed by atoms with E-state index in [0.29, 0.717) is 25.0 Å². The van der Waals surface area contributed by atoms with E-state index in [9.17, 15) is 13.6 Å². The summed E-state index contributed by atoms with van der Waals surface area (Å²) < 4.78 is 32.0. The maximum absolute atomic E-state index is 13.5. The Labute approximate surface area is 112 Å². The highest BCUT2D eigenvalue weighted by molar-refractivity contribution is 9.09. The van der Waals surface area contributed by atoms with Crippen LogP contribution in [0.25, 0.3) is 0 Å². The van der Waals surface area contributed by atoms with Crippen LogP contribution in [0, 0.1) is 11.6 Å². The molecule has 1 heterocycles. The zero-order valence-electron chi connectivity index (χ0n) is 9.54. The van der Waals surface area contributed by atoms with Gasteiger partial charge in [-0.1, -0.05) is 22.0 Å². The monoisotopic (exact) mass is 319 g/mol. The lowest BCUT2D eigenvalue weighted by Gasteiger charge is -2.32.